The highest BCUT2D eigenvalue weighted by Crippen LogP contribution is 2.20. The molecule has 0 spiro atoms. The van der Waals surface area contributed by atoms with Crippen molar-refractivity contribution in [2.75, 3.05) is 39.3 Å². The fourth-order valence-electron chi connectivity index (χ4n) is 3.87. The van der Waals surface area contributed by atoms with Gasteiger partial charge in [0.1, 0.15) is 6.04 Å². The number of nitrogens with two attached hydrogens (primary N) is 2. The summed E-state index contributed by atoms with van der Waals surface area (Å²) in [7, 11) is -3.99. The molecule has 12 heteroatoms. The van der Waals surface area contributed by atoms with Crippen LogP contribution >= 0.6 is 0 Å². The van der Waals surface area contributed by atoms with Gasteiger partial charge in [0.25, 0.3) is 0 Å². The van der Waals surface area contributed by atoms with E-state index in [0.29, 0.717) is 19.5 Å². The number of hydrogen-bond acceptors (Lipinski definition) is 6. The molecule has 5 N–H and O–H groups in total. The maximum Gasteiger partial charge on any atom is 0.409 e. The number of sulfonamides is 1. The number of amides is 2. The van der Waals surface area contributed by atoms with Crippen molar-refractivity contribution < 1.29 is 22.7 Å². The van der Waals surface area contributed by atoms with Gasteiger partial charge in [0.2, 0.25) is 15.9 Å². The van der Waals surface area contributed by atoms with Crippen LogP contribution in [0, 0.1) is 0 Å². The second-order valence-electron chi connectivity index (χ2n) is 8.14. The first-order chi connectivity index (χ1) is 16.7. The maximum atomic E-state index is 13.3. The molecule has 0 radical (unpaired) electrons. The molecule has 11 nitrogen and oxygen atoms in total. The van der Waals surface area contributed by atoms with Crippen LogP contribution in [0.1, 0.15) is 19.8 Å². The molecule has 35 heavy (non-hydrogen) atoms. The normalized spacial score (nSPS) is 15.0. The summed E-state index contributed by atoms with van der Waals surface area (Å²) in [6.07, 6.45) is 0.183. The largest absolute Gasteiger partial charge is 0.450 e. The first-order valence-electron chi connectivity index (χ1n) is 11.5. The summed E-state index contributed by atoms with van der Waals surface area (Å²) >= 11 is 0. The Kier molecular flexibility index (Phi) is 8.88. The van der Waals surface area contributed by atoms with Crippen LogP contribution in [-0.2, 0) is 19.6 Å². The van der Waals surface area contributed by atoms with Crippen molar-refractivity contribution in [3.63, 3.8) is 0 Å². The number of fused-ring (bicyclic) bond motifs is 1. The van der Waals surface area contributed by atoms with Crippen LogP contribution in [0.4, 0.5) is 4.79 Å². The number of ether oxygens (including phenoxy) is 1. The second-order valence-corrected chi connectivity index (χ2v) is 9.86. The Hall–Kier alpha value is -3.38. The van der Waals surface area contributed by atoms with E-state index >= 15 is 0 Å². The topological polar surface area (TPSA) is 160 Å². The monoisotopic (exact) mass is 504 g/mol. The molecule has 1 saturated heterocycles. The Balaban J connectivity index is 1.74. The van der Waals surface area contributed by atoms with E-state index in [0.717, 1.165) is 10.8 Å². The number of carbonyl (C=O) groups excluding carboxylic acids is 2. The Morgan fingerprint density at radius 2 is 1.71 bits per heavy atom. The van der Waals surface area contributed by atoms with E-state index in [1.807, 2.05) is 24.3 Å². The van der Waals surface area contributed by atoms with Gasteiger partial charge in [-0.05, 0) is 42.7 Å². The molecule has 190 valence electrons. The van der Waals surface area contributed by atoms with E-state index in [1.165, 1.54) is 11.0 Å². The summed E-state index contributed by atoms with van der Waals surface area (Å²) in [5.41, 5.74) is 10.7. The molecule has 3 rings (SSSR count). The van der Waals surface area contributed by atoms with Gasteiger partial charge in [0.05, 0.1) is 11.5 Å². The zero-order valence-electron chi connectivity index (χ0n) is 19.7. The summed E-state index contributed by atoms with van der Waals surface area (Å²) in [5.74, 6) is -0.428. The van der Waals surface area contributed by atoms with Crippen molar-refractivity contribution in [3.8, 4) is 0 Å². The molecule has 0 saturated carbocycles. The summed E-state index contributed by atoms with van der Waals surface area (Å²) < 4.78 is 34.0. The number of benzene rings is 2. The quantitative estimate of drug-likeness (QED) is 0.259. The standard InChI is InChI=1S/C23H32N6O5S/c1-2-34-23(31)29-14-12-28(13-15-29)21(30)20(8-5-11-26-22(24)25)27-35(32,33)19-10-9-17-6-3-4-7-18(17)16-19/h3-4,6-7,9-10,16,20,27H,2,5,8,11-15H2,1H3,(H4,24,25,26)/t20-/m0/s1. The summed E-state index contributed by atoms with van der Waals surface area (Å²) in [6.45, 7) is 3.43. The van der Waals surface area contributed by atoms with Crippen molar-refractivity contribution >= 4 is 38.8 Å². The van der Waals surface area contributed by atoms with Crippen molar-refractivity contribution in [3.05, 3.63) is 42.5 Å². The average Bonchev–Trinajstić information content (AvgIpc) is 2.85. The number of hydrogen-bond donors (Lipinski definition) is 3. The maximum absolute atomic E-state index is 13.3. The second kappa shape index (κ2) is 11.8. The fraction of sp³-hybridized carbons (Fsp3) is 0.435. The van der Waals surface area contributed by atoms with E-state index < -0.39 is 22.2 Å². The molecule has 1 aliphatic rings. The van der Waals surface area contributed by atoms with Gasteiger partial charge in [-0.1, -0.05) is 30.3 Å². The molecule has 1 heterocycles. The number of nitrogens with one attached hydrogen (secondary N) is 1. The Bertz CT molecular complexity index is 1170. The zero-order valence-corrected chi connectivity index (χ0v) is 20.5. The van der Waals surface area contributed by atoms with Gasteiger partial charge in [-0.15, -0.1) is 0 Å². The van der Waals surface area contributed by atoms with Crippen molar-refractivity contribution in [2.24, 2.45) is 16.5 Å². The van der Waals surface area contributed by atoms with Gasteiger partial charge >= 0.3 is 6.09 Å². The van der Waals surface area contributed by atoms with Crippen LogP contribution < -0.4 is 16.2 Å². The average molecular weight is 505 g/mol. The smallest absolute Gasteiger partial charge is 0.409 e. The van der Waals surface area contributed by atoms with Crippen molar-refractivity contribution in [1.29, 1.82) is 0 Å². The van der Waals surface area contributed by atoms with Crippen LogP contribution in [-0.4, -0.2) is 81.6 Å². The van der Waals surface area contributed by atoms with Crippen LogP contribution in [0.3, 0.4) is 0 Å². The molecular formula is C23H32N6O5S. The predicted octanol–water partition coefficient (Wildman–Crippen LogP) is 0.841. The van der Waals surface area contributed by atoms with Gasteiger partial charge in [0.15, 0.2) is 5.96 Å². The molecule has 1 aliphatic heterocycles. The third-order valence-corrected chi connectivity index (χ3v) is 7.16. The van der Waals surface area contributed by atoms with Crippen LogP contribution in [0.5, 0.6) is 0 Å². The first-order valence-corrected chi connectivity index (χ1v) is 13.0. The number of aliphatic imine (C=N–C) groups is 1. The highest BCUT2D eigenvalue weighted by Gasteiger charge is 2.32. The molecule has 0 bridgehead atoms. The molecule has 1 fully saturated rings. The minimum atomic E-state index is -3.99. The lowest BCUT2D eigenvalue weighted by molar-refractivity contribution is -0.134. The third-order valence-electron chi connectivity index (χ3n) is 5.69. The summed E-state index contributed by atoms with van der Waals surface area (Å²) in [5, 5.41) is 1.69. The van der Waals surface area contributed by atoms with Gasteiger partial charge in [-0.25, -0.2) is 13.2 Å². The van der Waals surface area contributed by atoms with E-state index in [1.54, 1.807) is 24.0 Å². The molecular weight excluding hydrogens is 472 g/mol. The van der Waals surface area contributed by atoms with E-state index in [-0.39, 0.29) is 49.4 Å². The van der Waals surface area contributed by atoms with Gasteiger partial charge in [0, 0.05) is 32.7 Å². The van der Waals surface area contributed by atoms with E-state index in [4.69, 9.17) is 16.2 Å². The molecule has 2 amide bonds. The SMILES string of the molecule is CCOC(=O)N1CCN(C(=O)[C@H](CCCN=C(N)N)NS(=O)(=O)c2ccc3ccccc3c2)CC1. The zero-order chi connectivity index (χ0) is 25.4. The minimum absolute atomic E-state index is 0.0697. The Morgan fingerprint density at radius 1 is 1.06 bits per heavy atom. The first kappa shape index (κ1) is 26.2. The predicted molar refractivity (Wildman–Crippen MR) is 133 cm³/mol. The molecule has 0 unspecified atom stereocenters. The van der Waals surface area contributed by atoms with Crippen LogP contribution in [0.25, 0.3) is 10.8 Å². The molecule has 0 aliphatic carbocycles. The number of carbonyl (C=O) groups is 2. The van der Waals surface area contributed by atoms with Gasteiger partial charge in [-0.3, -0.25) is 9.79 Å². The van der Waals surface area contributed by atoms with Crippen molar-refractivity contribution in [2.45, 2.75) is 30.7 Å². The minimum Gasteiger partial charge on any atom is -0.450 e. The van der Waals surface area contributed by atoms with Gasteiger partial charge < -0.3 is 26.0 Å². The molecule has 0 aromatic heterocycles. The Labute approximate surface area is 205 Å². The van der Waals surface area contributed by atoms with Crippen LogP contribution in [0.15, 0.2) is 52.4 Å². The van der Waals surface area contributed by atoms with E-state index in [2.05, 4.69) is 9.71 Å². The lowest BCUT2D eigenvalue weighted by Crippen LogP contribution is -2.55. The third kappa shape index (κ3) is 7.06. The number of nitrogens with zero attached hydrogens (tertiary/aromatic N) is 3. The number of rotatable bonds is 9. The van der Waals surface area contributed by atoms with Gasteiger partial charge in [-0.2, -0.15) is 4.72 Å². The molecule has 2 aromatic carbocycles. The molecule has 2 aromatic rings. The number of guanidine groups is 1. The fourth-order valence-corrected chi connectivity index (χ4v) is 5.13. The van der Waals surface area contributed by atoms with E-state index in [9.17, 15) is 18.0 Å². The summed E-state index contributed by atoms with van der Waals surface area (Å²) in [4.78, 5) is 32.4. The molecule has 1 atom stereocenters. The summed E-state index contributed by atoms with van der Waals surface area (Å²) in [6, 6.07) is 11.3. The van der Waals surface area contributed by atoms with Crippen LogP contribution in [0.2, 0.25) is 0 Å². The highest BCUT2D eigenvalue weighted by atomic mass is 32.2. The Morgan fingerprint density at radius 3 is 2.37 bits per heavy atom. The number of piperazine rings is 1. The van der Waals surface area contributed by atoms with Crippen molar-refractivity contribution in [1.82, 2.24) is 14.5 Å². The highest BCUT2D eigenvalue weighted by molar-refractivity contribution is 7.89. The lowest BCUT2D eigenvalue weighted by atomic mass is 10.1. The lowest BCUT2D eigenvalue weighted by Gasteiger charge is -2.36.